The summed E-state index contributed by atoms with van der Waals surface area (Å²) < 4.78 is 17.8. The van der Waals surface area contributed by atoms with Gasteiger partial charge in [0.05, 0.1) is 0 Å². The van der Waals surface area contributed by atoms with Gasteiger partial charge in [-0.05, 0) is 23.3 Å². The molecule has 2 rings (SSSR count). The molecule has 2 N–H and O–H groups in total. The van der Waals surface area contributed by atoms with Crippen LogP contribution in [0, 0.1) is 5.82 Å². The molecule has 0 bridgehead atoms. The highest BCUT2D eigenvalue weighted by Crippen LogP contribution is 2.14. The second-order valence-corrected chi connectivity index (χ2v) is 4.53. The lowest BCUT2D eigenvalue weighted by molar-refractivity contribution is -0.139. The van der Waals surface area contributed by atoms with Gasteiger partial charge < -0.3 is 15.2 Å². The molecule has 2 aromatic rings. The fourth-order valence-electron chi connectivity index (χ4n) is 1.83. The van der Waals surface area contributed by atoms with Gasteiger partial charge >= 0.3 is 12.1 Å². The molecule has 114 valence electrons. The smallest absolute Gasteiger partial charge is 0.408 e. The first kappa shape index (κ1) is 15.5. The van der Waals surface area contributed by atoms with E-state index in [1.54, 1.807) is 24.3 Å². The van der Waals surface area contributed by atoms with Crippen molar-refractivity contribution in [3.05, 3.63) is 71.5 Å². The second-order valence-electron chi connectivity index (χ2n) is 4.53. The molecule has 22 heavy (non-hydrogen) atoms. The summed E-state index contributed by atoms with van der Waals surface area (Å²) in [5.74, 6) is -1.75. The van der Waals surface area contributed by atoms with Crippen LogP contribution in [0.2, 0.25) is 0 Å². The molecule has 0 unspecified atom stereocenters. The molecule has 1 amide bonds. The summed E-state index contributed by atoms with van der Waals surface area (Å²) in [7, 11) is 0. The van der Waals surface area contributed by atoms with E-state index in [0.717, 1.165) is 17.7 Å². The fraction of sp³-hybridized carbons (Fsp3) is 0.125. The molecule has 2 aromatic carbocycles. The third kappa shape index (κ3) is 4.31. The summed E-state index contributed by atoms with van der Waals surface area (Å²) in [5.41, 5.74) is 1.04. The van der Waals surface area contributed by atoms with E-state index in [0.29, 0.717) is 0 Å². The van der Waals surface area contributed by atoms with Crippen LogP contribution in [-0.2, 0) is 16.1 Å². The van der Waals surface area contributed by atoms with Crippen molar-refractivity contribution in [2.24, 2.45) is 0 Å². The predicted octanol–water partition coefficient (Wildman–Crippen LogP) is 2.88. The van der Waals surface area contributed by atoms with Gasteiger partial charge in [0.2, 0.25) is 0 Å². The Bertz CT molecular complexity index is 643. The molecule has 0 aliphatic rings. The normalized spacial score (nSPS) is 11.5. The van der Waals surface area contributed by atoms with Crippen LogP contribution in [0.1, 0.15) is 17.2 Å². The summed E-state index contributed by atoms with van der Waals surface area (Å²) in [6.45, 7) is 0.0302. The minimum atomic E-state index is -1.30. The SMILES string of the molecule is O=C(N[C@@H](C(=O)O)c1ccc(F)cc1)OCc1ccccc1. The molecule has 0 aliphatic carbocycles. The Labute approximate surface area is 126 Å². The van der Waals surface area contributed by atoms with Crippen LogP contribution in [0.15, 0.2) is 54.6 Å². The van der Waals surface area contributed by atoms with Crippen molar-refractivity contribution in [1.29, 1.82) is 0 Å². The minimum Gasteiger partial charge on any atom is -0.479 e. The number of ether oxygens (including phenoxy) is 1. The molecular formula is C16H14FNO4. The number of hydrogen-bond donors (Lipinski definition) is 2. The number of aliphatic carboxylic acids is 1. The molecule has 5 nitrogen and oxygen atoms in total. The third-order valence-electron chi connectivity index (χ3n) is 2.93. The Morgan fingerprint density at radius 3 is 2.32 bits per heavy atom. The zero-order valence-corrected chi connectivity index (χ0v) is 11.5. The van der Waals surface area contributed by atoms with E-state index in [2.05, 4.69) is 5.32 Å². The maximum absolute atomic E-state index is 12.9. The monoisotopic (exact) mass is 303 g/mol. The Balaban J connectivity index is 1.97. The van der Waals surface area contributed by atoms with Gasteiger partial charge in [-0.1, -0.05) is 42.5 Å². The van der Waals surface area contributed by atoms with Crippen LogP contribution in [-0.4, -0.2) is 17.2 Å². The Morgan fingerprint density at radius 2 is 1.73 bits per heavy atom. The predicted molar refractivity (Wildman–Crippen MR) is 76.5 cm³/mol. The Morgan fingerprint density at radius 1 is 1.09 bits per heavy atom. The third-order valence-corrected chi connectivity index (χ3v) is 2.93. The minimum absolute atomic E-state index is 0.0302. The van der Waals surface area contributed by atoms with E-state index in [9.17, 15) is 14.0 Å². The largest absolute Gasteiger partial charge is 0.479 e. The van der Waals surface area contributed by atoms with Gasteiger partial charge in [0.1, 0.15) is 12.4 Å². The molecule has 0 saturated heterocycles. The standard InChI is InChI=1S/C16H14FNO4/c17-13-8-6-12(7-9-13)14(15(19)20)18-16(21)22-10-11-4-2-1-3-5-11/h1-9,14H,10H2,(H,18,21)(H,19,20)/t14-/m1/s1. The van der Waals surface area contributed by atoms with Crippen molar-refractivity contribution >= 4 is 12.1 Å². The molecule has 0 spiro atoms. The second kappa shape index (κ2) is 7.21. The van der Waals surface area contributed by atoms with E-state index in [-0.39, 0.29) is 12.2 Å². The molecule has 1 atom stereocenters. The Kier molecular flexibility index (Phi) is 5.08. The molecule has 0 fully saturated rings. The van der Waals surface area contributed by atoms with E-state index in [4.69, 9.17) is 9.84 Å². The van der Waals surface area contributed by atoms with E-state index >= 15 is 0 Å². The summed E-state index contributed by atoms with van der Waals surface area (Å²) in [6, 6.07) is 12.5. The lowest BCUT2D eigenvalue weighted by Crippen LogP contribution is -2.34. The summed E-state index contributed by atoms with van der Waals surface area (Å²) in [4.78, 5) is 22.9. The molecule has 0 saturated carbocycles. The highest BCUT2D eigenvalue weighted by Gasteiger charge is 2.22. The van der Waals surface area contributed by atoms with Gasteiger partial charge in [-0.2, -0.15) is 0 Å². The number of nitrogens with one attached hydrogen (secondary N) is 1. The zero-order chi connectivity index (χ0) is 15.9. The molecule has 0 radical (unpaired) electrons. The molecule has 0 aliphatic heterocycles. The molecule has 0 aromatic heterocycles. The van der Waals surface area contributed by atoms with E-state index < -0.39 is 23.9 Å². The molecule has 0 heterocycles. The van der Waals surface area contributed by atoms with Crippen LogP contribution >= 0.6 is 0 Å². The lowest BCUT2D eigenvalue weighted by Gasteiger charge is -2.15. The maximum atomic E-state index is 12.9. The summed E-state index contributed by atoms with van der Waals surface area (Å²) in [5, 5.41) is 11.4. The van der Waals surface area contributed by atoms with Crippen molar-refractivity contribution in [3.63, 3.8) is 0 Å². The Hall–Kier alpha value is -2.89. The number of amides is 1. The number of rotatable bonds is 5. The average molecular weight is 303 g/mol. The number of alkyl carbamates (subject to hydrolysis) is 1. The van der Waals surface area contributed by atoms with Crippen LogP contribution in [0.25, 0.3) is 0 Å². The van der Waals surface area contributed by atoms with Crippen LogP contribution < -0.4 is 5.32 Å². The van der Waals surface area contributed by atoms with Gasteiger partial charge in [-0.15, -0.1) is 0 Å². The number of carbonyl (C=O) groups excluding carboxylic acids is 1. The summed E-state index contributed by atoms with van der Waals surface area (Å²) in [6.07, 6.45) is -0.861. The van der Waals surface area contributed by atoms with Gasteiger partial charge in [0.15, 0.2) is 6.04 Å². The zero-order valence-electron chi connectivity index (χ0n) is 11.5. The van der Waals surface area contributed by atoms with Crippen molar-refractivity contribution in [2.75, 3.05) is 0 Å². The highest BCUT2D eigenvalue weighted by molar-refractivity contribution is 5.81. The van der Waals surface area contributed by atoms with Crippen molar-refractivity contribution < 1.29 is 23.8 Å². The fourth-order valence-corrected chi connectivity index (χ4v) is 1.83. The van der Waals surface area contributed by atoms with Crippen LogP contribution in [0.5, 0.6) is 0 Å². The number of hydrogen-bond acceptors (Lipinski definition) is 3. The topological polar surface area (TPSA) is 75.6 Å². The lowest BCUT2D eigenvalue weighted by atomic mass is 10.1. The quantitative estimate of drug-likeness (QED) is 0.890. The molecular weight excluding hydrogens is 289 g/mol. The number of halogens is 1. The highest BCUT2D eigenvalue weighted by atomic mass is 19.1. The average Bonchev–Trinajstić information content (AvgIpc) is 2.52. The van der Waals surface area contributed by atoms with Crippen LogP contribution in [0.4, 0.5) is 9.18 Å². The van der Waals surface area contributed by atoms with Crippen molar-refractivity contribution in [3.8, 4) is 0 Å². The van der Waals surface area contributed by atoms with Gasteiger partial charge in [-0.3, -0.25) is 0 Å². The molecule has 6 heteroatoms. The van der Waals surface area contributed by atoms with Gasteiger partial charge in [0, 0.05) is 0 Å². The summed E-state index contributed by atoms with van der Waals surface area (Å²) >= 11 is 0. The first-order chi connectivity index (χ1) is 10.6. The van der Waals surface area contributed by atoms with Crippen LogP contribution in [0.3, 0.4) is 0 Å². The van der Waals surface area contributed by atoms with Gasteiger partial charge in [-0.25, -0.2) is 14.0 Å². The number of carboxylic acids is 1. The maximum Gasteiger partial charge on any atom is 0.408 e. The van der Waals surface area contributed by atoms with E-state index in [1.807, 2.05) is 6.07 Å². The van der Waals surface area contributed by atoms with Crippen molar-refractivity contribution in [2.45, 2.75) is 12.6 Å². The number of benzene rings is 2. The van der Waals surface area contributed by atoms with Crippen molar-refractivity contribution in [1.82, 2.24) is 5.32 Å². The van der Waals surface area contributed by atoms with Gasteiger partial charge in [0.25, 0.3) is 0 Å². The first-order valence-corrected chi connectivity index (χ1v) is 6.52. The first-order valence-electron chi connectivity index (χ1n) is 6.52. The van der Waals surface area contributed by atoms with E-state index in [1.165, 1.54) is 12.1 Å². The number of carboxylic acid groups (broad SMARTS) is 1. The number of carbonyl (C=O) groups is 2.